The predicted molar refractivity (Wildman–Crippen MR) is 118 cm³/mol. The number of rotatable bonds is 6. The number of hydrogen-bond acceptors (Lipinski definition) is 9. The van der Waals surface area contributed by atoms with E-state index < -0.39 is 16.4 Å². The van der Waals surface area contributed by atoms with E-state index in [2.05, 4.69) is 15.4 Å². The summed E-state index contributed by atoms with van der Waals surface area (Å²) in [7, 11) is -3.59. The Morgan fingerprint density at radius 3 is 2.53 bits per heavy atom. The van der Waals surface area contributed by atoms with Crippen molar-refractivity contribution in [1.29, 1.82) is 0 Å². The van der Waals surface area contributed by atoms with Crippen LogP contribution in [0.2, 0.25) is 0 Å². The standard InChI is InChI=1S/C21H22N4O5S2/c1-21(2)8-14-17(15(27)9-21)20(32(3,29)30)31-18(14)19-22-24-25(23-19)10-12-4-6-13(7-5-12)16(28)11-26/h4-7,26H,8-11H2,1-3H3. The van der Waals surface area contributed by atoms with Crippen LogP contribution in [0, 0.1) is 5.41 Å². The van der Waals surface area contributed by atoms with Gasteiger partial charge in [0.15, 0.2) is 21.4 Å². The molecule has 0 atom stereocenters. The molecule has 0 saturated heterocycles. The van der Waals surface area contributed by atoms with Crippen LogP contribution in [0.25, 0.3) is 10.7 Å². The van der Waals surface area contributed by atoms with Gasteiger partial charge in [-0.1, -0.05) is 38.1 Å². The van der Waals surface area contributed by atoms with E-state index in [0.717, 1.165) is 23.2 Å². The molecule has 0 bridgehead atoms. The number of aliphatic hydroxyl groups is 1. The minimum Gasteiger partial charge on any atom is -0.388 e. The summed E-state index contributed by atoms with van der Waals surface area (Å²) in [5.41, 5.74) is 1.88. The van der Waals surface area contributed by atoms with E-state index in [-0.39, 0.29) is 45.5 Å². The van der Waals surface area contributed by atoms with Crippen molar-refractivity contribution < 1.29 is 23.1 Å². The molecule has 1 aromatic carbocycles. The van der Waals surface area contributed by atoms with Crippen molar-refractivity contribution in [3.63, 3.8) is 0 Å². The molecule has 0 saturated carbocycles. The van der Waals surface area contributed by atoms with E-state index in [1.54, 1.807) is 24.3 Å². The van der Waals surface area contributed by atoms with E-state index >= 15 is 0 Å². The first-order valence-electron chi connectivity index (χ1n) is 9.88. The number of Topliss-reactive ketones (excluding diaryl/α,β-unsaturated/α-hetero) is 2. The zero-order valence-electron chi connectivity index (χ0n) is 17.8. The molecule has 0 aliphatic heterocycles. The summed E-state index contributed by atoms with van der Waals surface area (Å²) in [6, 6.07) is 6.71. The van der Waals surface area contributed by atoms with Gasteiger partial charge in [0.05, 0.1) is 17.0 Å². The molecule has 3 aromatic rings. The summed E-state index contributed by atoms with van der Waals surface area (Å²) in [6.07, 6.45) is 1.93. The van der Waals surface area contributed by atoms with Crippen molar-refractivity contribution in [2.24, 2.45) is 5.41 Å². The molecule has 0 fully saturated rings. The summed E-state index contributed by atoms with van der Waals surface area (Å²) in [4.78, 5) is 26.3. The van der Waals surface area contributed by atoms with Crippen molar-refractivity contribution in [2.75, 3.05) is 12.9 Å². The van der Waals surface area contributed by atoms with Crippen molar-refractivity contribution in [2.45, 2.75) is 37.4 Å². The first-order valence-corrected chi connectivity index (χ1v) is 12.6. The number of benzene rings is 1. The highest BCUT2D eigenvalue weighted by Crippen LogP contribution is 2.46. The van der Waals surface area contributed by atoms with Crippen LogP contribution in [0.1, 0.15) is 52.1 Å². The van der Waals surface area contributed by atoms with Gasteiger partial charge in [0.1, 0.15) is 10.8 Å². The zero-order chi connectivity index (χ0) is 23.3. The Labute approximate surface area is 189 Å². The molecule has 0 amide bonds. The minimum atomic E-state index is -3.59. The van der Waals surface area contributed by atoms with Crippen LogP contribution >= 0.6 is 11.3 Å². The van der Waals surface area contributed by atoms with E-state index in [1.165, 1.54) is 4.80 Å². The van der Waals surface area contributed by atoms with Crippen LogP contribution in [-0.4, -0.2) is 58.2 Å². The Kier molecular flexibility index (Phi) is 5.60. The lowest BCUT2D eigenvalue weighted by atomic mass is 9.74. The second kappa shape index (κ2) is 7.98. The third-order valence-corrected chi connectivity index (χ3v) is 8.34. The molecule has 4 rings (SSSR count). The lowest BCUT2D eigenvalue weighted by Crippen LogP contribution is -2.27. The quantitative estimate of drug-likeness (QED) is 0.538. The third-order valence-electron chi connectivity index (χ3n) is 5.28. The first-order chi connectivity index (χ1) is 15.0. The number of hydrogen-bond donors (Lipinski definition) is 1. The lowest BCUT2D eigenvalue weighted by Gasteiger charge is -2.29. The molecule has 2 heterocycles. The van der Waals surface area contributed by atoms with Crippen molar-refractivity contribution in [3.05, 3.63) is 46.5 Å². The van der Waals surface area contributed by atoms with Crippen LogP contribution < -0.4 is 0 Å². The average molecular weight is 475 g/mol. The number of sulfone groups is 1. The summed E-state index contributed by atoms with van der Waals surface area (Å²) < 4.78 is 24.8. The highest BCUT2D eigenvalue weighted by Gasteiger charge is 2.39. The molecule has 0 spiro atoms. The smallest absolute Gasteiger partial charge is 0.215 e. The molecule has 11 heteroatoms. The van der Waals surface area contributed by atoms with Gasteiger partial charge in [0, 0.05) is 18.2 Å². The number of aliphatic hydroxyl groups excluding tert-OH is 1. The number of nitrogens with zero attached hydrogens (tertiary/aromatic N) is 4. The van der Waals surface area contributed by atoms with E-state index in [9.17, 15) is 18.0 Å². The monoisotopic (exact) mass is 474 g/mol. The molecule has 168 valence electrons. The number of ketones is 2. The maximum absolute atomic E-state index is 12.8. The average Bonchev–Trinajstić information content (AvgIpc) is 3.31. The van der Waals surface area contributed by atoms with Gasteiger partial charge in [-0.15, -0.1) is 21.5 Å². The Bertz CT molecular complexity index is 1320. The summed E-state index contributed by atoms with van der Waals surface area (Å²) in [5.74, 6) is -0.262. The molecule has 1 aliphatic rings. The summed E-state index contributed by atoms with van der Waals surface area (Å²) in [6.45, 7) is 3.69. The Morgan fingerprint density at radius 2 is 1.91 bits per heavy atom. The molecule has 1 aliphatic carbocycles. The normalized spacial score (nSPS) is 15.6. The van der Waals surface area contributed by atoms with Crippen molar-refractivity contribution in [3.8, 4) is 10.7 Å². The Hall–Kier alpha value is -2.76. The van der Waals surface area contributed by atoms with Crippen LogP contribution in [0.15, 0.2) is 28.5 Å². The fourth-order valence-corrected chi connectivity index (χ4v) is 6.31. The van der Waals surface area contributed by atoms with Gasteiger partial charge < -0.3 is 5.11 Å². The summed E-state index contributed by atoms with van der Waals surface area (Å²) in [5, 5.41) is 21.6. The molecule has 2 aromatic heterocycles. The van der Waals surface area contributed by atoms with E-state index in [0.29, 0.717) is 22.4 Å². The van der Waals surface area contributed by atoms with Crippen LogP contribution in [-0.2, 0) is 22.8 Å². The topological polar surface area (TPSA) is 132 Å². The zero-order valence-corrected chi connectivity index (χ0v) is 19.5. The lowest BCUT2D eigenvalue weighted by molar-refractivity contribution is 0.0899. The number of fused-ring (bicyclic) bond motifs is 1. The molecule has 0 unspecified atom stereocenters. The first kappa shape index (κ1) is 22.4. The highest BCUT2D eigenvalue weighted by atomic mass is 32.2. The van der Waals surface area contributed by atoms with Gasteiger partial charge in [-0.25, -0.2) is 8.42 Å². The van der Waals surface area contributed by atoms with Gasteiger partial charge in [-0.2, -0.15) is 4.80 Å². The number of aromatic nitrogens is 4. The molecular formula is C21H22N4O5S2. The van der Waals surface area contributed by atoms with Gasteiger partial charge >= 0.3 is 0 Å². The van der Waals surface area contributed by atoms with Crippen molar-refractivity contribution in [1.82, 2.24) is 20.2 Å². The second-order valence-corrected chi connectivity index (χ2v) is 11.9. The fraction of sp³-hybridized carbons (Fsp3) is 0.381. The van der Waals surface area contributed by atoms with Gasteiger partial charge in [0.25, 0.3) is 0 Å². The maximum Gasteiger partial charge on any atom is 0.215 e. The molecule has 9 nitrogen and oxygen atoms in total. The predicted octanol–water partition coefficient (Wildman–Crippen LogP) is 2.18. The highest BCUT2D eigenvalue weighted by molar-refractivity contribution is 7.93. The number of carbonyl (C=O) groups is 2. The SMILES string of the molecule is CC1(C)CC(=O)c2c(S(C)(=O)=O)sc(-c3nnn(Cc4ccc(C(=O)CO)cc4)n3)c2C1. The van der Waals surface area contributed by atoms with Crippen LogP contribution in [0.5, 0.6) is 0 Å². The maximum atomic E-state index is 12.8. The van der Waals surface area contributed by atoms with Gasteiger partial charge in [-0.3, -0.25) is 9.59 Å². The second-order valence-electron chi connectivity index (χ2n) is 8.71. The van der Waals surface area contributed by atoms with Crippen LogP contribution in [0.3, 0.4) is 0 Å². The van der Waals surface area contributed by atoms with Crippen LogP contribution in [0.4, 0.5) is 0 Å². The third kappa shape index (κ3) is 4.27. The Balaban J connectivity index is 1.69. The number of thiophene rings is 1. The van der Waals surface area contributed by atoms with Gasteiger partial charge in [-0.05, 0) is 28.2 Å². The molecule has 32 heavy (non-hydrogen) atoms. The molecule has 0 radical (unpaired) electrons. The van der Waals surface area contributed by atoms with E-state index in [1.807, 2.05) is 13.8 Å². The Morgan fingerprint density at radius 1 is 1.22 bits per heavy atom. The number of carbonyl (C=O) groups excluding carboxylic acids is 2. The molecular weight excluding hydrogens is 452 g/mol. The number of tetrazole rings is 1. The molecule has 1 N–H and O–H groups in total. The fourth-order valence-electron chi connectivity index (χ4n) is 3.85. The van der Waals surface area contributed by atoms with Crippen molar-refractivity contribution >= 4 is 32.7 Å². The van der Waals surface area contributed by atoms with Gasteiger partial charge in [0.2, 0.25) is 5.82 Å². The largest absolute Gasteiger partial charge is 0.388 e. The summed E-state index contributed by atoms with van der Waals surface area (Å²) >= 11 is 1.02. The minimum absolute atomic E-state index is 0.0588. The van der Waals surface area contributed by atoms with E-state index in [4.69, 9.17) is 5.11 Å².